The van der Waals surface area contributed by atoms with E-state index in [2.05, 4.69) is 34.1 Å². The molecule has 5 aromatic rings. The van der Waals surface area contributed by atoms with Gasteiger partial charge >= 0.3 is 0 Å². The van der Waals surface area contributed by atoms with Crippen molar-refractivity contribution in [2.75, 3.05) is 48.8 Å². The molecule has 234 valence electrons. The van der Waals surface area contributed by atoms with Crippen molar-refractivity contribution < 1.29 is 9.59 Å². The molecule has 46 heavy (non-hydrogen) atoms. The van der Waals surface area contributed by atoms with Crippen LogP contribution in [0, 0.1) is 6.92 Å². The van der Waals surface area contributed by atoms with Crippen molar-refractivity contribution in [3.05, 3.63) is 124 Å². The van der Waals surface area contributed by atoms with Crippen LogP contribution in [0.25, 0.3) is 21.2 Å². The molecule has 1 saturated heterocycles. The fourth-order valence-electron chi connectivity index (χ4n) is 5.94. The molecule has 1 aliphatic rings. The lowest BCUT2D eigenvalue weighted by Crippen LogP contribution is -2.44. The van der Waals surface area contributed by atoms with E-state index in [0.29, 0.717) is 22.5 Å². The molecule has 6 rings (SSSR count). The Morgan fingerprint density at radius 3 is 2.46 bits per heavy atom. The Morgan fingerprint density at radius 1 is 0.913 bits per heavy atom. The van der Waals surface area contributed by atoms with Gasteiger partial charge < -0.3 is 25.0 Å². The number of carbonyl (C=O) groups excluding carboxylic acids is 2. The Bertz CT molecular complexity index is 1990. The monoisotopic (exact) mass is 631 g/mol. The summed E-state index contributed by atoms with van der Waals surface area (Å²) < 4.78 is 2.67. The maximum absolute atomic E-state index is 13.4. The van der Waals surface area contributed by atoms with Crippen molar-refractivity contribution in [2.45, 2.75) is 13.3 Å². The molecule has 3 aromatic carbocycles. The highest BCUT2D eigenvalue weighted by atomic mass is 32.1. The van der Waals surface area contributed by atoms with E-state index in [1.165, 1.54) is 17.4 Å². The number of piperazine rings is 1. The Morgan fingerprint density at radius 2 is 1.70 bits per heavy atom. The molecule has 0 aliphatic carbocycles. The Kier molecular flexibility index (Phi) is 8.87. The lowest BCUT2D eigenvalue weighted by atomic mass is 9.97. The number of carbonyl (C=O) groups is 2. The van der Waals surface area contributed by atoms with E-state index in [0.717, 1.165) is 69.9 Å². The number of pyridine rings is 1. The molecule has 2 N–H and O–H groups in total. The van der Waals surface area contributed by atoms with Crippen molar-refractivity contribution >= 4 is 50.3 Å². The van der Waals surface area contributed by atoms with Crippen molar-refractivity contribution in [1.29, 1.82) is 0 Å². The standard InChI is InChI=1S/C37H37N5O3S/c1-5-35(43)38-31-20-25(13-14-32(31)42-17-15-40(3)16-18-42)19-27-21-28(23-41(4)37(27)45)29-10-8-11-30(24(29)2)39-36(44)34-22-26-9-6-7-12-33(26)46-34/h5-14,20-23H,1,15-19H2,2-4H3,(H,38,43)(H,39,44). The maximum atomic E-state index is 13.4. The molecule has 0 saturated carbocycles. The molecule has 8 nitrogen and oxygen atoms in total. The topological polar surface area (TPSA) is 86.7 Å². The van der Waals surface area contributed by atoms with Crippen LogP contribution in [0.1, 0.15) is 26.4 Å². The fourth-order valence-corrected chi connectivity index (χ4v) is 6.89. The van der Waals surface area contributed by atoms with E-state index < -0.39 is 0 Å². The van der Waals surface area contributed by atoms with Crippen molar-refractivity contribution in [3.8, 4) is 11.1 Å². The molecular formula is C37H37N5O3S. The van der Waals surface area contributed by atoms with Crippen LogP contribution >= 0.6 is 11.3 Å². The smallest absolute Gasteiger partial charge is 0.265 e. The van der Waals surface area contributed by atoms with Gasteiger partial charge in [-0.15, -0.1) is 11.3 Å². The Hall–Kier alpha value is -4.99. The predicted octanol–water partition coefficient (Wildman–Crippen LogP) is 6.29. The zero-order valence-corrected chi connectivity index (χ0v) is 27.1. The zero-order chi connectivity index (χ0) is 32.4. The van der Waals surface area contributed by atoms with Gasteiger partial charge in [-0.25, -0.2) is 0 Å². The molecule has 2 aromatic heterocycles. The number of amides is 2. The maximum Gasteiger partial charge on any atom is 0.265 e. The minimum absolute atomic E-state index is 0.0876. The van der Waals surface area contributed by atoms with E-state index in [9.17, 15) is 14.4 Å². The van der Waals surface area contributed by atoms with Gasteiger partial charge in [0.2, 0.25) is 5.91 Å². The van der Waals surface area contributed by atoms with Crippen molar-refractivity contribution in [1.82, 2.24) is 9.47 Å². The molecule has 0 radical (unpaired) electrons. The first kappa shape index (κ1) is 31.0. The van der Waals surface area contributed by atoms with Crippen LogP contribution in [-0.4, -0.2) is 54.5 Å². The number of benzene rings is 3. The summed E-state index contributed by atoms with van der Waals surface area (Å²) in [6.45, 7) is 9.19. The number of anilines is 3. The first-order valence-corrected chi connectivity index (χ1v) is 16.1. The molecule has 0 bridgehead atoms. The molecular weight excluding hydrogens is 595 g/mol. The number of aryl methyl sites for hydroxylation is 1. The molecule has 1 aliphatic heterocycles. The lowest BCUT2D eigenvalue weighted by molar-refractivity contribution is -0.111. The van der Waals surface area contributed by atoms with E-state index in [-0.39, 0.29) is 17.4 Å². The number of nitrogens with zero attached hydrogens (tertiary/aromatic N) is 3. The van der Waals surface area contributed by atoms with E-state index in [1.807, 2.05) is 85.9 Å². The number of nitrogens with one attached hydrogen (secondary N) is 2. The van der Waals surface area contributed by atoms with Gasteiger partial charge in [0.1, 0.15) is 0 Å². The van der Waals surface area contributed by atoms with Crippen LogP contribution in [0.4, 0.5) is 17.1 Å². The van der Waals surface area contributed by atoms with E-state index in [4.69, 9.17) is 0 Å². The molecule has 2 amide bonds. The van der Waals surface area contributed by atoms with Crippen LogP contribution in [0.15, 0.2) is 96.4 Å². The van der Waals surface area contributed by atoms with Gasteiger partial charge in [0.15, 0.2) is 0 Å². The average molecular weight is 632 g/mol. The lowest BCUT2D eigenvalue weighted by Gasteiger charge is -2.35. The molecule has 9 heteroatoms. The first-order valence-electron chi connectivity index (χ1n) is 15.3. The SMILES string of the molecule is C=CC(=O)Nc1cc(Cc2cc(-c3cccc(NC(=O)c4cc5ccccc5s4)c3C)cn(C)c2=O)ccc1N1CCN(C)CC1. The second-order valence-corrected chi connectivity index (χ2v) is 12.8. The summed E-state index contributed by atoms with van der Waals surface area (Å²) in [7, 11) is 3.86. The minimum Gasteiger partial charge on any atom is -0.367 e. The van der Waals surface area contributed by atoms with Crippen LogP contribution in [0.2, 0.25) is 0 Å². The van der Waals surface area contributed by atoms with E-state index in [1.54, 1.807) is 11.6 Å². The predicted molar refractivity (Wildman–Crippen MR) is 189 cm³/mol. The third kappa shape index (κ3) is 6.51. The summed E-state index contributed by atoms with van der Waals surface area (Å²) >= 11 is 1.47. The molecule has 0 spiro atoms. The molecule has 0 atom stereocenters. The van der Waals surface area contributed by atoms with E-state index >= 15 is 0 Å². The highest BCUT2D eigenvalue weighted by Gasteiger charge is 2.19. The summed E-state index contributed by atoms with van der Waals surface area (Å²) in [6, 6.07) is 23.6. The highest BCUT2D eigenvalue weighted by molar-refractivity contribution is 7.20. The zero-order valence-electron chi connectivity index (χ0n) is 26.3. The number of hydrogen-bond acceptors (Lipinski definition) is 6. The second kappa shape index (κ2) is 13.2. The van der Waals surface area contributed by atoms with Crippen LogP contribution < -0.4 is 21.1 Å². The van der Waals surface area contributed by atoms with Gasteiger partial charge in [0, 0.05) is 61.8 Å². The first-order chi connectivity index (χ1) is 22.2. The largest absolute Gasteiger partial charge is 0.367 e. The van der Waals surface area contributed by atoms with Gasteiger partial charge in [-0.3, -0.25) is 14.4 Å². The third-order valence-corrected chi connectivity index (χ3v) is 9.66. The minimum atomic E-state index is -0.278. The number of thiophene rings is 1. The third-order valence-electron chi connectivity index (χ3n) is 8.54. The van der Waals surface area contributed by atoms with Gasteiger partial charge in [-0.1, -0.05) is 43.0 Å². The summed E-state index contributed by atoms with van der Waals surface area (Å²) in [5, 5.41) is 7.12. The second-order valence-electron chi connectivity index (χ2n) is 11.8. The van der Waals surface area contributed by atoms with Gasteiger partial charge in [-0.05, 0) is 84.1 Å². The number of hydrogen-bond donors (Lipinski definition) is 2. The Balaban J connectivity index is 1.29. The van der Waals surface area contributed by atoms with Gasteiger partial charge in [0.05, 0.1) is 16.3 Å². The van der Waals surface area contributed by atoms with Crippen LogP contribution in [-0.2, 0) is 18.3 Å². The number of aromatic nitrogens is 1. The summed E-state index contributed by atoms with van der Waals surface area (Å²) in [5.41, 5.74) is 6.55. The normalized spacial score (nSPS) is 13.5. The Labute approximate surface area is 272 Å². The van der Waals surface area contributed by atoms with Crippen LogP contribution in [0.5, 0.6) is 0 Å². The fraction of sp³-hybridized carbons (Fsp3) is 0.216. The molecule has 1 fully saturated rings. The van der Waals surface area contributed by atoms with Gasteiger partial charge in [-0.2, -0.15) is 0 Å². The number of likely N-dealkylation sites (N-methyl/N-ethyl adjacent to an activating group) is 1. The summed E-state index contributed by atoms with van der Waals surface area (Å²) in [6.07, 6.45) is 3.49. The van der Waals surface area contributed by atoms with Crippen LogP contribution in [0.3, 0.4) is 0 Å². The average Bonchev–Trinajstić information content (AvgIpc) is 3.49. The van der Waals surface area contributed by atoms with Crippen molar-refractivity contribution in [2.24, 2.45) is 7.05 Å². The quantitative estimate of drug-likeness (QED) is 0.197. The van der Waals surface area contributed by atoms with Crippen molar-refractivity contribution in [3.63, 3.8) is 0 Å². The summed E-state index contributed by atoms with van der Waals surface area (Å²) in [4.78, 5) is 44.1. The highest BCUT2D eigenvalue weighted by Crippen LogP contribution is 2.32. The summed E-state index contributed by atoms with van der Waals surface area (Å²) in [5.74, 6) is -0.429. The van der Waals surface area contributed by atoms with Gasteiger partial charge in [0.25, 0.3) is 11.5 Å². The molecule has 3 heterocycles. The number of rotatable bonds is 8. The number of fused-ring (bicyclic) bond motifs is 1. The molecule has 0 unspecified atom stereocenters.